The van der Waals surface area contributed by atoms with Crippen LogP contribution >= 0.6 is 34.4 Å². The molecule has 2 fully saturated rings. The Morgan fingerprint density at radius 3 is 2.65 bits per heavy atom. The van der Waals surface area contributed by atoms with Crippen LogP contribution in [-0.4, -0.2) is 74.4 Å². The molecule has 0 N–H and O–H groups in total. The van der Waals surface area contributed by atoms with Crippen molar-refractivity contribution >= 4 is 63.1 Å². The Hall–Kier alpha value is -2.57. The highest BCUT2D eigenvalue weighted by Gasteiger charge is 2.30. The lowest BCUT2D eigenvalue weighted by atomic mass is 10.1. The van der Waals surface area contributed by atoms with Gasteiger partial charge in [0.05, 0.1) is 41.6 Å². The van der Waals surface area contributed by atoms with Gasteiger partial charge in [0, 0.05) is 25.7 Å². The summed E-state index contributed by atoms with van der Waals surface area (Å²) in [5, 5.41) is 0.544. The van der Waals surface area contributed by atoms with Gasteiger partial charge >= 0.3 is 0 Å². The van der Waals surface area contributed by atoms with E-state index in [1.807, 2.05) is 24.3 Å². The summed E-state index contributed by atoms with van der Waals surface area (Å²) in [6.07, 6.45) is 1.81. The summed E-state index contributed by atoms with van der Waals surface area (Å²) in [5.74, 6) is 1.06. The number of methoxy groups -OCH3 is 2. The molecule has 2 heterocycles. The van der Waals surface area contributed by atoms with Gasteiger partial charge in [-0.05, 0) is 76.3 Å². The first kappa shape index (κ1) is 24.6. The highest BCUT2D eigenvalue weighted by Crippen LogP contribution is 2.37. The number of thioether (sulfide) groups is 1. The van der Waals surface area contributed by atoms with E-state index in [-0.39, 0.29) is 11.8 Å². The van der Waals surface area contributed by atoms with Crippen LogP contribution in [0.25, 0.3) is 6.08 Å². The number of likely N-dealkylation sites (N-methyl/N-ethyl adjacent to an activating group) is 1. The number of carbonyl (C=O) groups excluding carboxylic acids is 2. The molecule has 0 spiro atoms. The van der Waals surface area contributed by atoms with Crippen molar-refractivity contribution in [1.29, 1.82) is 0 Å². The van der Waals surface area contributed by atoms with E-state index in [0.717, 1.165) is 9.13 Å². The zero-order chi connectivity index (χ0) is 24.2. The Morgan fingerprint density at radius 1 is 1.18 bits per heavy atom. The molecule has 2 aromatic rings. The van der Waals surface area contributed by atoms with E-state index in [1.54, 1.807) is 44.4 Å². The van der Waals surface area contributed by atoms with Crippen molar-refractivity contribution in [2.75, 3.05) is 47.6 Å². The Labute approximate surface area is 216 Å². The smallest absolute Gasteiger partial charge is 0.266 e. The summed E-state index contributed by atoms with van der Waals surface area (Å²) in [4.78, 5) is 34.2. The molecule has 0 radical (unpaired) electrons. The van der Waals surface area contributed by atoms with E-state index in [0.29, 0.717) is 59.1 Å². The SMILES string of the molecule is COc1cc(/C=C2/SC(=Nc3cccc(C(=O)N4CCOCC4)c3)N(C)C2=O)cc(I)c1OC. The second kappa shape index (κ2) is 10.8. The summed E-state index contributed by atoms with van der Waals surface area (Å²) in [7, 11) is 4.86. The Morgan fingerprint density at radius 2 is 1.94 bits per heavy atom. The fourth-order valence-corrected chi connectivity index (χ4v) is 5.42. The quantitative estimate of drug-likeness (QED) is 0.385. The predicted molar refractivity (Wildman–Crippen MR) is 141 cm³/mol. The molecule has 0 unspecified atom stereocenters. The number of rotatable bonds is 5. The molecule has 0 saturated carbocycles. The molecule has 34 heavy (non-hydrogen) atoms. The molecule has 10 heteroatoms. The first-order valence-corrected chi connectivity index (χ1v) is 12.5. The number of ether oxygens (including phenoxy) is 3. The second-order valence-electron chi connectivity index (χ2n) is 7.56. The minimum absolute atomic E-state index is 0.0440. The number of amides is 2. The highest BCUT2D eigenvalue weighted by atomic mass is 127. The first-order valence-electron chi connectivity index (χ1n) is 10.6. The molecular weight excluding hydrogens is 569 g/mol. The Kier molecular flexibility index (Phi) is 7.79. The van der Waals surface area contributed by atoms with Gasteiger partial charge in [-0.1, -0.05) is 6.07 Å². The number of hydrogen-bond acceptors (Lipinski definition) is 7. The van der Waals surface area contributed by atoms with Crippen LogP contribution in [0.2, 0.25) is 0 Å². The van der Waals surface area contributed by atoms with Gasteiger partial charge in [-0.3, -0.25) is 14.5 Å². The van der Waals surface area contributed by atoms with Crippen LogP contribution in [0, 0.1) is 3.57 Å². The lowest BCUT2D eigenvalue weighted by Gasteiger charge is -2.26. The number of morpholine rings is 1. The van der Waals surface area contributed by atoms with Crippen LogP contribution in [-0.2, 0) is 9.53 Å². The molecular formula is C24H24IN3O5S. The Balaban J connectivity index is 1.58. The van der Waals surface area contributed by atoms with E-state index < -0.39 is 0 Å². The highest BCUT2D eigenvalue weighted by molar-refractivity contribution is 14.1. The number of nitrogens with zero attached hydrogens (tertiary/aromatic N) is 3. The third kappa shape index (κ3) is 5.23. The number of amidine groups is 1. The molecule has 0 aliphatic carbocycles. The zero-order valence-electron chi connectivity index (χ0n) is 19.0. The van der Waals surface area contributed by atoms with Crippen LogP contribution < -0.4 is 9.47 Å². The van der Waals surface area contributed by atoms with E-state index in [4.69, 9.17) is 14.2 Å². The molecule has 2 aliphatic rings. The van der Waals surface area contributed by atoms with E-state index >= 15 is 0 Å². The average molecular weight is 593 g/mol. The van der Waals surface area contributed by atoms with E-state index in [2.05, 4.69) is 27.6 Å². The second-order valence-corrected chi connectivity index (χ2v) is 9.73. The zero-order valence-corrected chi connectivity index (χ0v) is 22.0. The maximum atomic E-state index is 12.9. The number of carbonyl (C=O) groups is 2. The molecule has 2 aromatic carbocycles. The average Bonchev–Trinajstić information content (AvgIpc) is 3.11. The van der Waals surface area contributed by atoms with Crippen molar-refractivity contribution in [2.24, 2.45) is 4.99 Å². The molecule has 2 saturated heterocycles. The maximum absolute atomic E-state index is 12.9. The predicted octanol–water partition coefficient (Wildman–Crippen LogP) is 4.01. The van der Waals surface area contributed by atoms with Gasteiger partial charge in [-0.2, -0.15) is 0 Å². The van der Waals surface area contributed by atoms with Crippen LogP contribution in [0.15, 0.2) is 46.3 Å². The third-order valence-electron chi connectivity index (χ3n) is 5.37. The van der Waals surface area contributed by atoms with Crippen LogP contribution in [0.5, 0.6) is 11.5 Å². The topological polar surface area (TPSA) is 80.7 Å². The van der Waals surface area contributed by atoms with Gasteiger partial charge in [0.1, 0.15) is 0 Å². The summed E-state index contributed by atoms with van der Waals surface area (Å²) >= 11 is 3.47. The Bertz CT molecular complexity index is 1180. The van der Waals surface area contributed by atoms with Gasteiger partial charge in [0.2, 0.25) is 0 Å². The normalized spacial score (nSPS) is 18.6. The molecule has 2 amide bonds. The van der Waals surface area contributed by atoms with Gasteiger partial charge in [0.25, 0.3) is 11.8 Å². The third-order valence-corrected chi connectivity index (χ3v) is 7.23. The van der Waals surface area contributed by atoms with Gasteiger partial charge in [-0.25, -0.2) is 4.99 Å². The fourth-order valence-electron chi connectivity index (χ4n) is 3.59. The van der Waals surface area contributed by atoms with Crippen molar-refractivity contribution in [2.45, 2.75) is 0 Å². The molecule has 0 aromatic heterocycles. The summed E-state index contributed by atoms with van der Waals surface area (Å²) in [5.41, 5.74) is 2.00. The molecule has 2 aliphatic heterocycles. The number of halogens is 1. The number of benzene rings is 2. The summed E-state index contributed by atoms with van der Waals surface area (Å²) in [6.45, 7) is 2.25. The number of hydrogen-bond donors (Lipinski definition) is 0. The molecule has 0 bridgehead atoms. The molecule has 8 nitrogen and oxygen atoms in total. The largest absolute Gasteiger partial charge is 0.493 e. The van der Waals surface area contributed by atoms with Gasteiger partial charge in [0.15, 0.2) is 16.7 Å². The summed E-state index contributed by atoms with van der Waals surface area (Å²) < 4.78 is 17.0. The van der Waals surface area contributed by atoms with Crippen LogP contribution in [0.3, 0.4) is 0 Å². The molecule has 178 valence electrons. The monoisotopic (exact) mass is 593 g/mol. The lowest BCUT2D eigenvalue weighted by Crippen LogP contribution is -2.40. The van der Waals surface area contributed by atoms with Crippen LogP contribution in [0.1, 0.15) is 15.9 Å². The molecule has 4 rings (SSSR count). The molecule has 0 atom stereocenters. The number of aliphatic imine (C=N–C) groups is 1. The minimum atomic E-state index is -0.144. The van der Waals surface area contributed by atoms with Crippen molar-refractivity contribution in [3.63, 3.8) is 0 Å². The lowest BCUT2D eigenvalue weighted by molar-refractivity contribution is -0.121. The van der Waals surface area contributed by atoms with Crippen molar-refractivity contribution in [3.05, 3.63) is 56.0 Å². The van der Waals surface area contributed by atoms with Crippen molar-refractivity contribution < 1.29 is 23.8 Å². The van der Waals surface area contributed by atoms with E-state index in [1.165, 1.54) is 16.7 Å². The summed E-state index contributed by atoms with van der Waals surface area (Å²) in [6, 6.07) is 10.9. The van der Waals surface area contributed by atoms with Crippen LogP contribution in [0.4, 0.5) is 5.69 Å². The maximum Gasteiger partial charge on any atom is 0.266 e. The van der Waals surface area contributed by atoms with Gasteiger partial charge < -0.3 is 19.1 Å². The van der Waals surface area contributed by atoms with Gasteiger partial charge in [-0.15, -0.1) is 0 Å². The minimum Gasteiger partial charge on any atom is -0.493 e. The van der Waals surface area contributed by atoms with Crippen molar-refractivity contribution in [1.82, 2.24) is 9.80 Å². The van der Waals surface area contributed by atoms with E-state index in [9.17, 15) is 9.59 Å². The standard InChI is InChI=1S/C24H24IN3O5S/c1-27-23(30)20(13-15-11-18(25)21(32-3)19(12-15)31-2)34-24(27)26-17-6-4-5-16(14-17)22(29)28-7-9-33-10-8-28/h4-6,11-14H,7-10H2,1-3H3/b20-13+,26-24?. The van der Waals surface area contributed by atoms with Crippen molar-refractivity contribution in [3.8, 4) is 11.5 Å². The fraction of sp³-hybridized carbons (Fsp3) is 0.292. The first-order chi connectivity index (χ1) is 16.4.